The summed E-state index contributed by atoms with van der Waals surface area (Å²) in [7, 11) is 0. The lowest BCUT2D eigenvalue weighted by Crippen LogP contribution is -2.30. The number of esters is 1. The molecule has 16 nitrogen and oxygen atoms in total. The van der Waals surface area contributed by atoms with Gasteiger partial charge in [-0.15, -0.1) is 0 Å². The number of hydrogen-bond acceptors (Lipinski definition) is 11. The monoisotopic (exact) mass is 940 g/mol. The number of carboxylic acid groups (broad SMARTS) is 1. The maximum absolute atomic E-state index is 13.7. The van der Waals surface area contributed by atoms with Crippen molar-refractivity contribution in [2.75, 3.05) is 16.4 Å². The zero-order valence-electron chi connectivity index (χ0n) is 40.2. The van der Waals surface area contributed by atoms with E-state index in [9.17, 15) is 19.2 Å². The Hall–Kier alpha value is -8.40. The molecule has 6 heterocycles. The van der Waals surface area contributed by atoms with Gasteiger partial charge in [-0.25, -0.2) is 9.59 Å². The molecular weight excluding hydrogens is 889 g/mol. The summed E-state index contributed by atoms with van der Waals surface area (Å²) >= 11 is 0. The normalized spacial score (nSPS) is 15.4. The van der Waals surface area contributed by atoms with Gasteiger partial charge in [0.15, 0.2) is 34.3 Å². The van der Waals surface area contributed by atoms with Crippen molar-refractivity contribution in [2.24, 2.45) is 0 Å². The number of nitrogens with one attached hydrogen (secondary N) is 2. The topological polar surface area (TPSA) is 214 Å². The van der Waals surface area contributed by atoms with Crippen molar-refractivity contribution >= 4 is 35.1 Å². The van der Waals surface area contributed by atoms with Gasteiger partial charge in [-0.2, -0.15) is 10.2 Å². The number of anilines is 2. The molecule has 4 aromatic heterocycles. The van der Waals surface area contributed by atoms with Crippen LogP contribution in [-0.4, -0.2) is 66.2 Å². The van der Waals surface area contributed by atoms with E-state index in [-0.39, 0.29) is 52.7 Å². The summed E-state index contributed by atoms with van der Waals surface area (Å²) in [4.78, 5) is 53.9. The third kappa shape index (κ3) is 8.35. The Morgan fingerprint density at radius 2 is 1.03 bits per heavy atom. The Morgan fingerprint density at radius 1 is 0.629 bits per heavy atom. The van der Waals surface area contributed by atoms with Gasteiger partial charge in [-0.1, -0.05) is 100 Å². The van der Waals surface area contributed by atoms with Crippen molar-refractivity contribution in [3.8, 4) is 22.6 Å². The zero-order valence-corrected chi connectivity index (χ0v) is 40.2. The number of ether oxygens (including phenoxy) is 1. The molecule has 16 heteroatoms. The lowest BCUT2D eigenvalue weighted by molar-refractivity contribution is 0.0513. The van der Waals surface area contributed by atoms with E-state index in [0.29, 0.717) is 34.2 Å². The van der Waals surface area contributed by atoms with Crippen LogP contribution >= 0.6 is 0 Å². The summed E-state index contributed by atoms with van der Waals surface area (Å²) in [6.07, 6.45) is 0. The number of aromatic amines is 2. The summed E-state index contributed by atoms with van der Waals surface area (Å²) in [6, 6.07) is 33.1. The van der Waals surface area contributed by atoms with E-state index >= 15 is 0 Å². The largest absolute Gasteiger partial charge is 0.476 e. The van der Waals surface area contributed by atoms with Gasteiger partial charge in [0.1, 0.15) is 0 Å². The molecule has 2 aliphatic heterocycles. The molecule has 0 aliphatic carbocycles. The van der Waals surface area contributed by atoms with Gasteiger partial charge in [0, 0.05) is 68.0 Å². The predicted molar refractivity (Wildman–Crippen MR) is 261 cm³/mol. The molecule has 3 N–H and O–H groups in total. The van der Waals surface area contributed by atoms with Crippen LogP contribution in [0.2, 0.25) is 0 Å². The maximum Gasteiger partial charge on any atom is 0.360 e. The van der Waals surface area contributed by atoms with Crippen molar-refractivity contribution in [3.05, 3.63) is 177 Å². The van der Waals surface area contributed by atoms with Gasteiger partial charge >= 0.3 is 11.9 Å². The quantitative estimate of drug-likeness (QED) is 0.115. The Labute approximate surface area is 403 Å². The molecule has 10 rings (SSSR count). The summed E-state index contributed by atoms with van der Waals surface area (Å²) in [6.45, 7) is 18.7. The molecule has 2 amide bonds. The van der Waals surface area contributed by atoms with Crippen LogP contribution in [0.4, 0.5) is 11.4 Å². The summed E-state index contributed by atoms with van der Waals surface area (Å²) in [5, 5.41) is 31.6. The molecule has 356 valence electrons. The molecule has 2 atom stereocenters. The van der Waals surface area contributed by atoms with Gasteiger partial charge in [-0.05, 0) is 91.6 Å². The lowest BCUT2D eigenvalue weighted by Gasteiger charge is -2.29. The molecule has 0 saturated carbocycles. The van der Waals surface area contributed by atoms with E-state index < -0.39 is 11.9 Å². The predicted octanol–water partition coefficient (Wildman–Crippen LogP) is 10.7. The van der Waals surface area contributed by atoms with Gasteiger partial charge < -0.3 is 18.9 Å². The molecule has 0 bridgehead atoms. The number of rotatable bonds is 9. The Balaban J connectivity index is 0.000000174. The number of carboxylic acids is 1. The average molecular weight is 941 g/mol. The van der Waals surface area contributed by atoms with Crippen molar-refractivity contribution < 1.29 is 38.1 Å². The van der Waals surface area contributed by atoms with Crippen LogP contribution in [0.5, 0.6) is 0 Å². The van der Waals surface area contributed by atoms with Crippen LogP contribution in [0.3, 0.4) is 0 Å². The highest BCUT2D eigenvalue weighted by Crippen LogP contribution is 2.48. The molecule has 2 unspecified atom stereocenters. The summed E-state index contributed by atoms with van der Waals surface area (Å²) in [5.74, 6) is -1.22. The zero-order chi connectivity index (χ0) is 49.8. The van der Waals surface area contributed by atoms with E-state index in [4.69, 9.17) is 18.9 Å². The molecule has 2 aliphatic rings. The first-order valence-corrected chi connectivity index (χ1v) is 22.9. The number of benzene rings is 4. The van der Waals surface area contributed by atoms with Gasteiger partial charge in [0.2, 0.25) is 0 Å². The minimum Gasteiger partial charge on any atom is -0.476 e. The number of nitrogens with zero attached hydrogens (tertiary/aromatic N) is 6. The number of amides is 2. The minimum absolute atomic E-state index is 0.116. The highest BCUT2D eigenvalue weighted by atomic mass is 16.5. The molecular formula is C54H52N8O8. The van der Waals surface area contributed by atoms with Crippen LogP contribution in [0.1, 0.15) is 147 Å². The third-order valence-corrected chi connectivity index (χ3v) is 12.6. The number of fused-ring (bicyclic) bond motifs is 2. The first-order valence-electron chi connectivity index (χ1n) is 22.9. The summed E-state index contributed by atoms with van der Waals surface area (Å²) in [5.41, 5.74) is 11.2. The van der Waals surface area contributed by atoms with Crippen molar-refractivity contribution in [1.29, 1.82) is 0 Å². The first kappa shape index (κ1) is 46.7. The number of carbonyl (C=O) groups excluding carboxylic acids is 3. The number of aromatic nitrogens is 6. The minimum atomic E-state index is -1.15. The molecule has 0 radical (unpaired) electrons. The van der Waals surface area contributed by atoms with Crippen molar-refractivity contribution in [3.63, 3.8) is 0 Å². The maximum atomic E-state index is 13.7. The average Bonchev–Trinajstić information content (AvgIpc) is 4.19. The van der Waals surface area contributed by atoms with Crippen LogP contribution in [0.15, 0.2) is 118 Å². The van der Waals surface area contributed by atoms with Crippen LogP contribution < -0.4 is 9.80 Å². The van der Waals surface area contributed by atoms with E-state index in [1.807, 2.05) is 79.7 Å². The van der Waals surface area contributed by atoms with Crippen molar-refractivity contribution in [2.45, 2.75) is 85.2 Å². The van der Waals surface area contributed by atoms with Crippen LogP contribution in [0, 0.1) is 13.8 Å². The number of aromatic carboxylic acids is 1. The van der Waals surface area contributed by atoms with Gasteiger partial charge in [0.25, 0.3) is 11.8 Å². The first-order chi connectivity index (χ1) is 33.4. The smallest absolute Gasteiger partial charge is 0.360 e. The fourth-order valence-corrected chi connectivity index (χ4v) is 9.13. The van der Waals surface area contributed by atoms with Gasteiger partial charge in [-0.3, -0.25) is 29.6 Å². The fourth-order valence-electron chi connectivity index (χ4n) is 9.13. The Bertz CT molecular complexity index is 3290. The summed E-state index contributed by atoms with van der Waals surface area (Å²) < 4.78 is 15.5. The number of H-pyrrole nitrogens is 2. The Morgan fingerprint density at radius 3 is 1.40 bits per heavy atom. The molecule has 0 spiro atoms. The van der Waals surface area contributed by atoms with E-state index in [1.54, 1.807) is 34.9 Å². The van der Waals surface area contributed by atoms with Crippen molar-refractivity contribution in [1.82, 2.24) is 30.7 Å². The molecule has 0 saturated heterocycles. The van der Waals surface area contributed by atoms with E-state index in [0.717, 1.165) is 56.0 Å². The Kier molecular flexibility index (Phi) is 12.0. The van der Waals surface area contributed by atoms with E-state index in [1.165, 1.54) is 6.07 Å². The second kappa shape index (κ2) is 17.9. The number of hydrogen-bond donors (Lipinski definition) is 3. The van der Waals surface area contributed by atoms with E-state index in [2.05, 4.69) is 91.3 Å². The lowest BCUT2D eigenvalue weighted by atomic mass is 9.85. The molecule has 4 aromatic carbocycles. The SMILES string of the molecule is CCOC(=O)c1cc(-c2ccc(N3C(=O)c4n[nH]c(C(C)(C)C)c4C3c3ccccc3C)cc2)on1.Cc1ccccc1C1c2c(n[nH]c2C(C)(C)C)C(=O)N1c1ccc(-c2cc(C(=O)O)no2)cc1. The second-order valence-corrected chi connectivity index (χ2v) is 19.4. The molecule has 70 heavy (non-hydrogen) atoms. The van der Waals surface area contributed by atoms with Crippen LogP contribution in [0.25, 0.3) is 22.6 Å². The standard InChI is InChI=1S/C28H28N4O4.C26H24N4O4/c1-6-35-27(34)20-15-21(36-31-20)17-11-13-18(14-12-17)32-24(19-10-8-7-9-16(19)2)22-23(26(32)33)29-30-25(22)28(3,4)5;1-14-7-5-6-8-17(14)22-20-21(27-28-23(20)26(2,3)4)24(31)30(22)16-11-9-15(10-12-16)19-13-18(25(32)33)29-34-19/h7-15,24H,6H2,1-5H3,(H,29,30);5-13,22H,1-4H3,(H,27,28)(H,32,33). The second-order valence-electron chi connectivity index (χ2n) is 19.4. The number of aryl methyl sites for hydroxylation is 2. The molecule has 0 fully saturated rings. The van der Waals surface area contributed by atoms with Gasteiger partial charge in [0.05, 0.1) is 18.7 Å². The van der Waals surface area contributed by atoms with Crippen LogP contribution in [-0.2, 0) is 15.6 Å². The highest BCUT2D eigenvalue weighted by Gasteiger charge is 2.47. The fraction of sp³-hybridized carbons (Fsp3) is 0.259. The highest BCUT2D eigenvalue weighted by molar-refractivity contribution is 6.12. The molecule has 8 aromatic rings. The number of carbonyl (C=O) groups is 4. The third-order valence-electron chi connectivity index (χ3n) is 12.6.